The Morgan fingerprint density at radius 1 is 1.60 bits per heavy atom. The van der Waals surface area contributed by atoms with Crippen LogP contribution in [-0.2, 0) is 11.2 Å². The number of aliphatic carboxylic acids is 1. The van der Waals surface area contributed by atoms with Crippen LogP contribution in [0.2, 0.25) is 0 Å². The number of carbonyl (C=O) groups is 1. The molecule has 0 amide bonds. The van der Waals surface area contributed by atoms with Gasteiger partial charge in [-0.1, -0.05) is 17.2 Å². The molecule has 0 aromatic heterocycles. The first kappa shape index (κ1) is 15.9. The maximum Gasteiger partial charge on any atom is 0.323 e. The maximum absolute atomic E-state index is 13.1. The number of carboxylic acids is 1. The van der Waals surface area contributed by atoms with E-state index >= 15 is 0 Å². The fraction of sp³-hybridized carbons (Fsp3) is 0.462. The normalized spacial score (nSPS) is 13.3. The van der Waals surface area contributed by atoms with E-state index in [2.05, 4.69) is 15.3 Å². The van der Waals surface area contributed by atoms with Crippen molar-refractivity contribution in [1.82, 2.24) is 5.32 Å². The van der Waals surface area contributed by atoms with Crippen molar-refractivity contribution in [3.8, 4) is 0 Å². The number of nitrogens with zero attached hydrogens (tertiary/aromatic N) is 3. The molecule has 7 heteroatoms. The first-order valence-corrected chi connectivity index (χ1v) is 6.21. The van der Waals surface area contributed by atoms with Gasteiger partial charge in [0.25, 0.3) is 0 Å². The second-order valence-corrected chi connectivity index (χ2v) is 4.68. The standard InChI is InChI=1S/C13H17FN4O2/c1-13(12(19)20,16-6-3-7-17-18-15)9-10-4-2-5-11(14)8-10/h2,4-5,8,16H,3,6-7,9H2,1H3,(H,19,20). The van der Waals surface area contributed by atoms with Crippen LogP contribution in [-0.4, -0.2) is 29.7 Å². The molecule has 0 bridgehead atoms. The molecule has 0 radical (unpaired) electrons. The highest BCUT2D eigenvalue weighted by Gasteiger charge is 2.32. The third kappa shape index (κ3) is 4.87. The van der Waals surface area contributed by atoms with E-state index in [1.54, 1.807) is 19.1 Å². The summed E-state index contributed by atoms with van der Waals surface area (Å²) in [5.41, 5.74) is 7.56. The molecule has 2 N–H and O–H groups in total. The summed E-state index contributed by atoms with van der Waals surface area (Å²) < 4.78 is 13.1. The Morgan fingerprint density at radius 2 is 2.35 bits per heavy atom. The Balaban J connectivity index is 2.66. The van der Waals surface area contributed by atoms with Crippen LogP contribution in [0.3, 0.4) is 0 Å². The molecule has 0 heterocycles. The van der Waals surface area contributed by atoms with Gasteiger partial charge in [0.15, 0.2) is 0 Å². The Morgan fingerprint density at radius 3 is 2.95 bits per heavy atom. The fourth-order valence-corrected chi connectivity index (χ4v) is 1.83. The van der Waals surface area contributed by atoms with Gasteiger partial charge in [-0.15, -0.1) is 0 Å². The highest BCUT2D eigenvalue weighted by molar-refractivity contribution is 5.78. The molecule has 6 nitrogen and oxygen atoms in total. The summed E-state index contributed by atoms with van der Waals surface area (Å²) in [4.78, 5) is 14.0. The van der Waals surface area contributed by atoms with Gasteiger partial charge in [-0.2, -0.15) is 0 Å². The summed E-state index contributed by atoms with van der Waals surface area (Å²) in [6, 6.07) is 5.87. The van der Waals surface area contributed by atoms with Crippen LogP contribution in [0.1, 0.15) is 18.9 Å². The van der Waals surface area contributed by atoms with Crippen molar-refractivity contribution in [3.05, 3.63) is 46.1 Å². The topological polar surface area (TPSA) is 98.1 Å². The van der Waals surface area contributed by atoms with Gasteiger partial charge in [-0.25, -0.2) is 4.39 Å². The largest absolute Gasteiger partial charge is 0.480 e. The van der Waals surface area contributed by atoms with E-state index < -0.39 is 17.3 Å². The molecule has 1 aromatic carbocycles. The van der Waals surface area contributed by atoms with Gasteiger partial charge >= 0.3 is 5.97 Å². The van der Waals surface area contributed by atoms with Gasteiger partial charge in [-0.05, 0) is 43.1 Å². The lowest BCUT2D eigenvalue weighted by atomic mass is 9.92. The predicted molar refractivity (Wildman–Crippen MR) is 72.8 cm³/mol. The van der Waals surface area contributed by atoms with E-state index in [1.165, 1.54) is 12.1 Å². The minimum Gasteiger partial charge on any atom is -0.480 e. The van der Waals surface area contributed by atoms with Crippen LogP contribution >= 0.6 is 0 Å². The van der Waals surface area contributed by atoms with Crippen molar-refractivity contribution in [2.45, 2.75) is 25.3 Å². The predicted octanol–water partition coefficient (Wildman–Crippen LogP) is 2.50. The van der Waals surface area contributed by atoms with Gasteiger partial charge in [-0.3, -0.25) is 4.79 Å². The Kier molecular flexibility index (Phi) is 5.96. The molecule has 1 atom stereocenters. The molecular formula is C13H17FN4O2. The molecule has 0 spiro atoms. The summed E-state index contributed by atoms with van der Waals surface area (Å²) in [5, 5.41) is 15.6. The second-order valence-electron chi connectivity index (χ2n) is 4.68. The third-order valence-electron chi connectivity index (χ3n) is 2.93. The summed E-state index contributed by atoms with van der Waals surface area (Å²) in [7, 11) is 0. The summed E-state index contributed by atoms with van der Waals surface area (Å²) >= 11 is 0. The Hall–Kier alpha value is -2.11. The molecule has 1 rings (SSSR count). The molecule has 0 fully saturated rings. The van der Waals surface area contributed by atoms with E-state index in [0.717, 1.165) is 0 Å². The lowest BCUT2D eigenvalue weighted by Gasteiger charge is -2.26. The Bertz CT molecular complexity index is 517. The van der Waals surface area contributed by atoms with Crippen molar-refractivity contribution in [3.63, 3.8) is 0 Å². The second kappa shape index (κ2) is 7.47. The summed E-state index contributed by atoms with van der Waals surface area (Å²) in [6.07, 6.45) is 0.706. The molecule has 108 valence electrons. The number of nitrogens with one attached hydrogen (secondary N) is 1. The van der Waals surface area contributed by atoms with Gasteiger partial charge < -0.3 is 10.4 Å². The zero-order chi connectivity index (χ0) is 15.0. The molecule has 20 heavy (non-hydrogen) atoms. The van der Waals surface area contributed by atoms with Crippen LogP contribution in [0.25, 0.3) is 10.4 Å². The molecular weight excluding hydrogens is 263 g/mol. The van der Waals surface area contributed by atoms with Gasteiger partial charge in [0, 0.05) is 17.9 Å². The van der Waals surface area contributed by atoms with E-state index in [0.29, 0.717) is 25.1 Å². The average Bonchev–Trinajstić information content (AvgIpc) is 2.38. The van der Waals surface area contributed by atoms with Crippen LogP contribution in [0.5, 0.6) is 0 Å². The molecule has 1 unspecified atom stereocenters. The van der Waals surface area contributed by atoms with E-state index in [-0.39, 0.29) is 6.42 Å². The molecule has 0 aliphatic heterocycles. The zero-order valence-corrected chi connectivity index (χ0v) is 11.2. The summed E-state index contributed by atoms with van der Waals surface area (Å²) in [5.74, 6) is -1.40. The lowest BCUT2D eigenvalue weighted by Crippen LogP contribution is -2.51. The van der Waals surface area contributed by atoms with Crippen molar-refractivity contribution in [1.29, 1.82) is 0 Å². The molecule has 0 saturated carbocycles. The van der Waals surface area contributed by atoms with E-state index in [4.69, 9.17) is 5.53 Å². The number of azide groups is 1. The van der Waals surface area contributed by atoms with Crippen LogP contribution in [0, 0.1) is 5.82 Å². The van der Waals surface area contributed by atoms with Crippen molar-refractivity contribution < 1.29 is 14.3 Å². The molecule has 0 aliphatic carbocycles. The monoisotopic (exact) mass is 280 g/mol. The number of carboxylic acid groups (broad SMARTS) is 1. The van der Waals surface area contributed by atoms with Crippen molar-refractivity contribution in [2.24, 2.45) is 5.11 Å². The number of rotatable bonds is 8. The maximum atomic E-state index is 13.1. The van der Waals surface area contributed by atoms with Gasteiger partial charge in [0.2, 0.25) is 0 Å². The number of hydrogen-bond acceptors (Lipinski definition) is 3. The SMILES string of the molecule is CC(Cc1cccc(F)c1)(NCCCN=[N+]=[N-])C(=O)O. The molecule has 1 aromatic rings. The number of halogens is 1. The zero-order valence-electron chi connectivity index (χ0n) is 11.2. The Labute approximate surface area is 116 Å². The van der Waals surface area contributed by atoms with E-state index in [9.17, 15) is 14.3 Å². The van der Waals surface area contributed by atoms with Gasteiger partial charge in [0.05, 0.1) is 0 Å². The highest BCUT2D eigenvalue weighted by Crippen LogP contribution is 2.15. The number of benzene rings is 1. The van der Waals surface area contributed by atoms with Crippen molar-refractivity contribution >= 4 is 5.97 Å². The average molecular weight is 280 g/mol. The fourth-order valence-electron chi connectivity index (χ4n) is 1.83. The third-order valence-corrected chi connectivity index (χ3v) is 2.93. The first-order chi connectivity index (χ1) is 9.48. The van der Waals surface area contributed by atoms with Crippen LogP contribution in [0.15, 0.2) is 29.4 Å². The quantitative estimate of drug-likeness (QED) is 0.331. The minimum absolute atomic E-state index is 0.168. The first-order valence-electron chi connectivity index (χ1n) is 6.21. The van der Waals surface area contributed by atoms with Gasteiger partial charge in [0.1, 0.15) is 11.4 Å². The molecule has 0 aliphatic rings. The number of hydrogen-bond donors (Lipinski definition) is 2. The molecule has 0 saturated heterocycles. The van der Waals surface area contributed by atoms with E-state index in [1.807, 2.05) is 0 Å². The minimum atomic E-state index is -1.19. The van der Waals surface area contributed by atoms with Crippen LogP contribution < -0.4 is 5.32 Å². The van der Waals surface area contributed by atoms with Crippen LogP contribution in [0.4, 0.5) is 4.39 Å². The summed E-state index contributed by atoms with van der Waals surface area (Å²) in [6.45, 7) is 2.25. The highest BCUT2D eigenvalue weighted by atomic mass is 19.1. The smallest absolute Gasteiger partial charge is 0.323 e. The van der Waals surface area contributed by atoms with Crippen molar-refractivity contribution in [2.75, 3.05) is 13.1 Å². The lowest BCUT2D eigenvalue weighted by molar-refractivity contribution is -0.144.